The molecule has 118 valence electrons. The number of hydrogen-bond acceptors (Lipinski definition) is 2. The molecule has 1 aromatic carbocycles. The minimum absolute atomic E-state index is 0.0829. The number of benzene rings is 1. The van der Waals surface area contributed by atoms with Crippen LogP contribution in [-0.2, 0) is 11.0 Å². The number of hydrogen-bond donors (Lipinski definition) is 2. The zero-order chi connectivity index (χ0) is 16.3. The number of carboxylic acids is 1. The van der Waals surface area contributed by atoms with E-state index in [1.165, 1.54) is 18.2 Å². The maximum Gasteiger partial charge on any atom is 0.418 e. The smallest absolute Gasteiger partial charge is 0.418 e. The Morgan fingerprint density at radius 1 is 1.24 bits per heavy atom. The topological polar surface area (TPSA) is 49.3 Å². The number of halogens is 3. The number of aliphatic carboxylic acids is 1. The van der Waals surface area contributed by atoms with Crippen molar-refractivity contribution < 1.29 is 23.1 Å². The van der Waals surface area contributed by atoms with Gasteiger partial charge in [0.1, 0.15) is 0 Å². The predicted octanol–water partition coefficient (Wildman–Crippen LogP) is 4.40. The lowest BCUT2D eigenvalue weighted by molar-refractivity contribution is -0.137. The first-order valence-electron chi connectivity index (χ1n) is 6.63. The second kappa shape index (κ2) is 6.37. The van der Waals surface area contributed by atoms with Crippen LogP contribution in [-0.4, -0.2) is 17.1 Å². The van der Waals surface area contributed by atoms with Crippen molar-refractivity contribution in [3.8, 4) is 0 Å². The van der Waals surface area contributed by atoms with Crippen LogP contribution in [0.2, 0.25) is 0 Å². The molecule has 1 unspecified atom stereocenters. The summed E-state index contributed by atoms with van der Waals surface area (Å²) in [5.74, 6) is -1.04. The average Bonchev–Trinajstić information content (AvgIpc) is 2.24. The van der Waals surface area contributed by atoms with Gasteiger partial charge in [0.15, 0.2) is 0 Å². The fourth-order valence-electron chi connectivity index (χ4n) is 2.20. The number of anilines is 1. The lowest BCUT2D eigenvalue weighted by Crippen LogP contribution is -2.29. The summed E-state index contributed by atoms with van der Waals surface area (Å²) in [6.07, 6.45) is -4.26. The van der Waals surface area contributed by atoms with Gasteiger partial charge in [0.05, 0.1) is 12.0 Å². The summed E-state index contributed by atoms with van der Waals surface area (Å²) < 4.78 is 38.8. The number of carbonyl (C=O) groups is 1. The molecule has 1 aromatic rings. The summed E-state index contributed by atoms with van der Waals surface area (Å²) in [4.78, 5) is 10.9. The molecule has 0 aromatic heterocycles. The summed E-state index contributed by atoms with van der Waals surface area (Å²) in [6, 6.07) is 4.54. The maximum absolute atomic E-state index is 12.9. The Morgan fingerprint density at radius 2 is 1.81 bits per heavy atom. The monoisotopic (exact) mass is 303 g/mol. The molecule has 0 radical (unpaired) electrons. The van der Waals surface area contributed by atoms with E-state index in [0.717, 1.165) is 6.07 Å². The van der Waals surface area contributed by atoms with Gasteiger partial charge in [0.2, 0.25) is 0 Å². The Morgan fingerprint density at radius 3 is 2.29 bits per heavy atom. The van der Waals surface area contributed by atoms with Crippen LogP contribution < -0.4 is 5.32 Å². The molecule has 0 amide bonds. The Labute approximate surface area is 122 Å². The van der Waals surface area contributed by atoms with Gasteiger partial charge in [0.25, 0.3) is 0 Å². The summed E-state index contributed by atoms with van der Waals surface area (Å²) >= 11 is 0. The first-order valence-corrected chi connectivity index (χ1v) is 6.63. The molecule has 0 aliphatic rings. The quantitative estimate of drug-likeness (QED) is 0.847. The van der Waals surface area contributed by atoms with Crippen molar-refractivity contribution in [3.05, 3.63) is 29.8 Å². The number of nitrogens with one attached hydrogen (secondary N) is 1. The highest BCUT2D eigenvalue weighted by Crippen LogP contribution is 2.35. The van der Waals surface area contributed by atoms with Gasteiger partial charge in [-0.25, -0.2) is 0 Å². The first kappa shape index (κ1) is 17.3. The van der Waals surface area contributed by atoms with Gasteiger partial charge in [-0.15, -0.1) is 0 Å². The van der Waals surface area contributed by atoms with Crippen molar-refractivity contribution >= 4 is 11.7 Å². The molecule has 0 aliphatic carbocycles. The highest BCUT2D eigenvalue weighted by atomic mass is 19.4. The van der Waals surface area contributed by atoms with Crippen LogP contribution in [0.25, 0.3) is 0 Å². The summed E-state index contributed by atoms with van der Waals surface area (Å²) in [6.45, 7) is 5.75. The Balaban J connectivity index is 3.01. The molecule has 3 nitrogen and oxygen atoms in total. The largest absolute Gasteiger partial charge is 0.481 e. The highest BCUT2D eigenvalue weighted by molar-refractivity contribution is 5.68. The van der Waals surface area contributed by atoms with Crippen molar-refractivity contribution in [1.82, 2.24) is 0 Å². The van der Waals surface area contributed by atoms with E-state index >= 15 is 0 Å². The molecular weight excluding hydrogens is 283 g/mol. The normalized spacial score (nSPS) is 13.8. The van der Waals surface area contributed by atoms with Gasteiger partial charge < -0.3 is 10.4 Å². The molecule has 0 bridgehead atoms. The third kappa shape index (κ3) is 6.06. The molecule has 0 saturated heterocycles. The molecule has 1 rings (SSSR count). The second-order valence-electron chi connectivity index (χ2n) is 6.25. The van der Waals surface area contributed by atoms with Crippen LogP contribution >= 0.6 is 0 Å². The van der Waals surface area contributed by atoms with E-state index in [4.69, 9.17) is 5.11 Å². The van der Waals surface area contributed by atoms with Gasteiger partial charge >= 0.3 is 12.1 Å². The summed E-state index contributed by atoms with van der Waals surface area (Å²) in [5, 5.41) is 11.7. The van der Waals surface area contributed by atoms with E-state index < -0.39 is 23.8 Å². The lowest BCUT2D eigenvalue weighted by Gasteiger charge is -2.27. The Bertz CT molecular complexity index is 492. The molecular formula is C15H20F3NO2. The van der Waals surface area contributed by atoms with Gasteiger partial charge in [-0.05, 0) is 24.0 Å². The predicted molar refractivity (Wildman–Crippen MR) is 75.2 cm³/mol. The van der Waals surface area contributed by atoms with Gasteiger partial charge in [-0.3, -0.25) is 4.79 Å². The summed E-state index contributed by atoms with van der Waals surface area (Å²) in [7, 11) is 0. The summed E-state index contributed by atoms with van der Waals surface area (Å²) in [5.41, 5.74) is -1.06. The maximum atomic E-state index is 12.9. The minimum atomic E-state index is -4.47. The number of carboxylic acid groups (broad SMARTS) is 1. The average molecular weight is 303 g/mol. The van der Waals surface area contributed by atoms with E-state index in [0.29, 0.717) is 6.42 Å². The lowest BCUT2D eigenvalue weighted by atomic mass is 9.87. The zero-order valence-corrected chi connectivity index (χ0v) is 12.3. The van der Waals surface area contributed by atoms with Crippen LogP contribution in [0.4, 0.5) is 18.9 Å². The van der Waals surface area contributed by atoms with Gasteiger partial charge in [-0.2, -0.15) is 13.2 Å². The fraction of sp³-hybridized carbons (Fsp3) is 0.533. The van der Waals surface area contributed by atoms with Crippen molar-refractivity contribution in [2.75, 3.05) is 5.32 Å². The second-order valence-corrected chi connectivity index (χ2v) is 6.25. The van der Waals surface area contributed by atoms with Crippen molar-refractivity contribution in [3.63, 3.8) is 0 Å². The van der Waals surface area contributed by atoms with E-state index in [1.807, 2.05) is 20.8 Å². The van der Waals surface area contributed by atoms with E-state index in [2.05, 4.69) is 5.32 Å². The van der Waals surface area contributed by atoms with Crippen molar-refractivity contribution in [1.29, 1.82) is 0 Å². The number of para-hydroxylation sites is 1. The number of rotatable bonds is 5. The molecule has 6 heteroatoms. The van der Waals surface area contributed by atoms with Crippen LogP contribution in [0, 0.1) is 5.41 Å². The van der Waals surface area contributed by atoms with E-state index in [9.17, 15) is 18.0 Å². The van der Waals surface area contributed by atoms with Crippen molar-refractivity contribution in [2.45, 2.75) is 45.8 Å². The molecule has 0 spiro atoms. The zero-order valence-electron chi connectivity index (χ0n) is 12.3. The van der Waals surface area contributed by atoms with E-state index in [-0.39, 0.29) is 17.5 Å². The molecule has 1 atom stereocenters. The van der Waals surface area contributed by atoms with Crippen LogP contribution in [0.5, 0.6) is 0 Å². The molecule has 21 heavy (non-hydrogen) atoms. The fourth-order valence-corrected chi connectivity index (χ4v) is 2.20. The number of alkyl halides is 3. The van der Waals surface area contributed by atoms with Crippen LogP contribution in [0.1, 0.15) is 39.2 Å². The van der Waals surface area contributed by atoms with Crippen molar-refractivity contribution in [2.24, 2.45) is 5.41 Å². The molecule has 0 fully saturated rings. The van der Waals surface area contributed by atoms with Crippen LogP contribution in [0.3, 0.4) is 0 Å². The Hall–Kier alpha value is -1.72. The molecule has 2 N–H and O–H groups in total. The third-order valence-corrected chi connectivity index (χ3v) is 2.87. The first-order chi connectivity index (χ1) is 9.49. The van der Waals surface area contributed by atoms with E-state index in [1.54, 1.807) is 0 Å². The third-order valence-electron chi connectivity index (χ3n) is 2.87. The molecule has 0 aliphatic heterocycles. The highest BCUT2D eigenvalue weighted by Gasteiger charge is 2.34. The molecule has 0 saturated carbocycles. The SMILES string of the molecule is CC(C)(C)CC(CC(=O)O)Nc1ccccc1C(F)(F)F. The minimum Gasteiger partial charge on any atom is -0.481 e. The Kier molecular flexibility index (Phi) is 5.25. The van der Waals surface area contributed by atoms with Crippen LogP contribution in [0.15, 0.2) is 24.3 Å². The van der Waals surface area contributed by atoms with Gasteiger partial charge in [-0.1, -0.05) is 32.9 Å². The standard InChI is InChI=1S/C15H20F3NO2/c1-14(2,3)9-10(8-13(20)21)19-12-7-5-4-6-11(12)15(16,17)18/h4-7,10,19H,8-9H2,1-3H3,(H,20,21). The molecule has 0 heterocycles. The van der Waals surface area contributed by atoms with Gasteiger partial charge in [0, 0.05) is 11.7 Å².